The van der Waals surface area contributed by atoms with Crippen molar-refractivity contribution < 1.29 is 9.47 Å². The highest BCUT2D eigenvalue weighted by molar-refractivity contribution is 7.80. The monoisotopic (exact) mass is 267 g/mol. The first-order valence-electron chi connectivity index (χ1n) is 6.37. The standard InChI is InChI=1S/C14H21NO2S/c1-2-10-16-12-7-3-4-8-13(12)17-11-6-5-9-14(15)18/h3-4,7-8H,2,5-6,9-11H2,1H3,(H2,15,18). The Hall–Kier alpha value is -1.29. The van der Waals surface area contributed by atoms with Gasteiger partial charge in [0.2, 0.25) is 0 Å². The van der Waals surface area contributed by atoms with Crippen LogP contribution in [0.4, 0.5) is 0 Å². The molecule has 0 aliphatic carbocycles. The molecular weight excluding hydrogens is 246 g/mol. The first-order chi connectivity index (χ1) is 8.74. The highest BCUT2D eigenvalue weighted by Crippen LogP contribution is 2.26. The van der Waals surface area contributed by atoms with E-state index in [1.54, 1.807) is 0 Å². The fourth-order valence-corrected chi connectivity index (χ4v) is 1.63. The Kier molecular flexibility index (Phi) is 7.18. The first kappa shape index (κ1) is 14.8. The van der Waals surface area contributed by atoms with Crippen LogP contribution in [0.25, 0.3) is 0 Å². The normalized spacial score (nSPS) is 10.1. The number of hydrogen-bond donors (Lipinski definition) is 1. The van der Waals surface area contributed by atoms with Gasteiger partial charge in [-0.2, -0.15) is 0 Å². The average Bonchev–Trinajstić information content (AvgIpc) is 2.36. The van der Waals surface area contributed by atoms with E-state index < -0.39 is 0 Å². The molecule has 0 atom stereocenters. The molecule has 0 fully saturated rings. The molecule has 2 N–H and O–H groups in total. The molecule has 3 nitrogen and oxygen atoms in total. The van der Waals surface area contributed by atoms with Crippen molar-refractivity contribution in [3.8, 4) is 11.5 Å². The summed E-state index contributed by atoms with van der Waals surface area (Å²) in [6.45, 7) is 3.45. The maximum atomic E-state index is 5.71. The lowest BCUT2D eigenvalue weighted by Crippen LogP contribution is -2.08. The summed E-state index contributed by atoms with van der Waals surface area (Å²) < 4.78 is 11.3. The van der Waals surface area contributed by atoms with Crippen molar-refractivity contribution in [1.29, 1.82) is 0 Å². The summed E-state index contributed by atoms with van der Waals surface area (Å²) in [6, 6.07) is 7.76. The maximum absolute atomic E-state index is 5.71. The van der Waals surface area contributed by atoms with Crippen molar-refractivity contribution in [2.24, 2.45) is 5.73 Å². The molecule has 4 heteroatoms. The maximum Gasteiger partial charge on any atom is 0.161 e. The molecule has 0 bridgehead atoms. The van der Waals surface area contributed by atoms with Crippen LogP contribution in [0.5, 0.6) is 11.5 Å². The van der Waals surface area contributed by atoms with Crippen molar-refractivity contribution in [2.75, 3.05) is 13.2 Å². The van der Waals surface area contributed by atoms with Gasteiger partial charge in [0.05, 0.1) is 18.2 Å². The third-order valence-electron chi connectivity index (χ3n) is 2.39. The van der Waals surface area contributed by atoms with Crippen LogP contribution in [0.2, 0.25) is 0 Å². The lowest BCUT2D eigenvalue weighted by molar-refractivity contribution is 0.264. The average molecular weight is 267 g/mol. The summed E-state index contributed by atoms with van der Waals surface area (Å²) in [5.41, 5.74) is 5.44. The molecule has 100 valence electrons. The number of nitrogens with two attached hydrogens (primary N) is 1. The van der Waals surface area contributed by atoms with Crippen molar-refractivity contribution in [3.05, 3.63) is 24.3 Å². The van der Waals surface area contributed by atoms with Crippen LogP contribution in [0.3, 0.4) is 0 Å². The van der Waals surface area contributed by atoms with Crippen molar-refractivity contribution >= 4 is 17.2 Å². The Bertz CT molecular complexity index is 369. The molecule has 0 saturated carbocycles. The molecule has 0 unspecified atom stereocenters. The number of thiocarbonyl (C=S) groups is 1. The molecule has 1 aromatic carbocycles. The second kappa shape index (κ2) is 8.75. The summed E-state index contributed by atoms with van der Waals surface area (Å²) in [7, 11) is 0. The number of ether oxygens (including phenoxy) is 2. The number of benzene rings is 1. The van der Waals surface area contributed by atoms with E-state index in [1.165, 1.54) is 0 Å². The quantitative estimate of drug-likeness (QED) is 0.550. The van der Waals surface area contributed by atoms with Gasteiger partial charge in [-0.3, -0.25) is 0 Å². The molecule has 0 aliphatic heterocycles. The van der Waals surface area contributed by atoms with Crippen molar-refractivity contribution in [2.45, 2.75) is 32.6 Å². The van der Waals surface area contributed by atoms with Gasteiger partial charge in [0.1, 0.15) is 0 Å². The largest absolute Gasteiger partial charge is 0.490 e. The zero-order valence-electron chi connectivity index (χ0n) is 10.9. The Balaban J connectivity index is 2.34. The third-order valence-corrected chi connectivity index (χ3v) is 2.59. The van der Waals surface area contributed by atoms with Crippen molar-refractivity contribution in [1.82, 2.24) is 0 Å². The Morgan fingerprint density at radius 2 is 1.72 bits per heavy atom. The fraction of sp³-hybridized carbons (Fsp3) is 0.500. The van der Waals surface area contributed by atoms with Crippen LogP contribution in [0.15, 0.2) is 24.3 Å². The number of para-hydroxylation sites is 2. The zero-order valence-corrected chi connectivity index (χ0v) is 11.7. The van der Waals surface area contributed by atoms with Crippen LogP contribution in [0, 0.1) is 0 Å². The molecule has 1 rings (SSSR count). The molecule has 0 aromatic heterocycles. The molecule has 0 amide bonds. The zero-order chi connectivity index (χ0) is 13.2. The van der Waals surface area contributed by atoms with E-state index in [-0.39, 0.29) is 0 Å². The van der Waals surface area contributed by atoms with Gasteiger partial charge in [-0.15, -0.1) is 0 Å². The topological polar surface area (TPSA) is 44.5 Å². The molecule has 0 aliphatic rings. The lowest BCUT2D eigenvalue weighted by Gasteiger charge is -2.11. The predicted molar refractivity (Wildman–Crippen MR) is 78.4 cm³/mol. The van der Waals surface area contributed by atoms with Gasteiger partial charge in [0, 0.05) is 0 Å². The van der Waals surface area contributed by atoms with Crippen molar-refractivity contribution in [3.63, 3.8) is 0 Å². The summed E-state index contributed by atoms with van der Waals surface area (Å²) >= 11 is 4.82. The Morgan fingerprint density at radius 1 is 1.11 bits per heavy atom. The molecule has 0 spiro atoms. The second-order valence-electron chi connectivity index (χ2n) is 4.07. The fourth-order valence-electron chi connectivity index (χ4n) is 1.48. The Morgan fingerprint density at radius 3 is 2.28 bits per heavy atom. The summed E-state index contributed by atoms with van der Waals surface area (Å²) in [5, 5.41) is 0. The molecule has 18 heavy (non-hydrogen) atoms. The minimum absolute atomic E-state index is 0.571. The Labute approximate surface area is 114 Å². The first-order valence-corrected chi connectivity index (χ1v) is 6.77. The summed E-state index contributed by atoms with van der Waals surface area (Å²) in [5.74, 6) is 1.62. The van der Waals surface area contributed by atoms with E-state index in [4.69, 9.17) is 27.4 Å². The van der Waals surface area contributed by atoms with E-state index in [9.17, 15) is 0 Å². The highest BCUT2D eigenvalue weighted by Gasteiger charge is 2.03. The minimum atomic E-state index is 0.571. The second-order valence-corrected chi connectivity index (χ2v) is 4.59. The molecule has 1 aromatic rings. The van der Waals surface area contributed by atoms with E-state index in [2.05, 4.69) is 6.92 Å². The van der Waals surface area contributed by atoms with E-state index in [0.29, 0.717) is 18.2 Å². The lowest BCUT2D eigenvalue weighted by atomic mass is 10.2. The van der Waals surface area contributed by atoms with Crippen LogP contribution in [-0.2, 0) is 0 Å². The molecule has 0 saturated heterocycles. The third kappa shape index (κ3) is 5.87. The van der Waals surface area contributed by atoms with Crippen LogP contribution in [-0.4, -0.2) is 18.2 Å². The smallest absolute Gasteiger partial charge is 0.161 e. The highest BCUT2D eigenvalue weighted by atomic mass is 32.1. The number of unbranched alkanes of at least 4 members (excludes halogenated alkanes) is 1. The van der Waals surface area contributed by atoms with Gasteiger partial charge in [-0.1, -0.05) is 31.3 Å². The number of rotatable bonds is 9. The van der Waals surface area contributed by atoms with Gasteiger partial charge in [-0.05, 0) is 37.8 Å². The van der Waals surface area contributed by atoms with E-state index in [0.717, 1.165) is 37.2 Å². The molecule has 0 heterocycles. The van der Waals surface area contributed by atoms with Gasteiger partial charge < -0.3 is 15.2 Å². The summed E-state index contributed by atoms with van der Waals surface area (Å²) in [6.07, 6.45) is 3.68. The van der Waals surface area contributed by atoms with Crippen LogP contribution < -0.4 is 15.2 Å². The van der Waals surface area contributed by atoms with Gasteiger partial charge in [0.15, 0.2) is 11.5 Å². The van der Waals surface area contributed by atoms with Crippen LogP contribution >= 0.6 is 12.2 Å². The predicted octanol–water partition coefficient (Wildman–Crippen LogP) is 3.31. The van der Waals surface area contributed by atoms with Gasteiger partial charge >= 0.3 is 0 Å². The van der Waals surface area contributed by atoms with Gasteiger partial charge in [0.25, 0.3) is 0 Å². The van der Waals surface area contributed by atoms with Crippen LogP contribution in [0.1, 0.15) is 32.6 Å². The molecular formula is C14H21NO2S. The SMILES string of the molecule is CCCOc1ccccc1OCCCCC(N)=S. The minimum Gasteiger partial charge on any atom is -0.490 e. The van der Waals surface area contributed by atoms with E-state index >= 15 is 0 Å². The number of hydrogen-bond acceptors (Lipinski definition) is 3. The van der Waals surface area contributed by atoms with Gasteiger partial charge in [-0.25, -0.2) is 0 Å². The summed E-state index contributed by atoms with van der Waals surface area (Å²) in [4.78, 5) is 0.571. The van der Waals surface area contributed by atoms with E-state index in [1.807, 2.05) is 24.3 Å². The molecule has 0 radical (unpaired) electrons.